The Morgan fingerprint density at radius 2 is 1.43 bits per heavy atom. The zero-order valence-electron chi connectivity index (χ0n) is 15.7. The highest BCUT2D eigenvalue weighted by Crippen LogP contribution is 2.10. The van der Waals surface area contributed by atoms with E-state index in [9.17, 15) is 9.90 Å². The van der Waals surface area contributed by atoms with E-state index >= 15 is 0 Å². The molecule has 0 bridgehead atoms. The molecule has 5 heteroatoms. The Balaban J connectivity index is 0. The summed E-state index contributed by atoms with van der Waals surface area (Å²) in [7, 11) is 6.02. The van der Waals surface area contributed by atoms with Gasteiger partial charge in [0.05, 0.1) is 21.1 Å². The van der Waals surface area contributed by atoms with Crippen molar-refractivity contribution in [2.45, 2.75) is 77.2 Å². The van der Waals surface area contributed by atoms with E-state index in [4.69, 9.17) is 4.74 Å². The van der Waals surface area contributed by atoms with Gasteiger partial charge in [0, 0.05) is 6.42 Å². The van der Waals surface area contributed by atoms with Crippen molar-refractivity contribution in [3.05, 3.63) is 0 Å². The van der Waals surface area contributed by atoms with E-state index in [1.165, 1.54) is 44.9 Å². The second-order valence-corrected chi connectivity index (χ2v) is 7.39. The van der Waals surface area contributed by atoms with Gasteiger partial charge < -0.3 is 26.7 Å². The number of nitrogens with zero attached hydrogens (tertiary/aromatic N) is 1. The number of halogens is 1. The average Bonchev–Trinajstić information content (AvgIpc) is 2.41. The van der Waals surface area contributed by atoms with Crippen molar-refractivity contribution in [1.29, 1.82) is 0 Å². The molecule has 1 N–H and O–H groups in total. The number of ether oxygens (including phenoxy) is 1. The molecule has 0 saturated heterocycles. The Bertz CT molecular complexity index is 280. The number of hydrogen-bond donors (Lipinski definition) is 1. The number of unbranched alkanes of at least 4 members (excludes halogenated alkanes) is 8. The van der Waals surface area contributed by atoms with Crippen LogP contribution < -0.4 is 12.4 Å². The number of quaternary nitrogens is 1. The molecule has 0 spiro atoms. The minimum absolute atomic E-state index is 0. The van der Waals surface area contributed by atoms with Crippen LogP contribution in [0.3, 0.4) is 0 Å². The number of rotatable bonds is 14. The van der Waals surface area contributed by atoms with Gasteiger partial charge in [0.1, 0.15) is 19.3 Å². The lowest BCUT2D eigenvalue weighted by Gasteiger charge is -2.26. The maximum absolute atomic E-state index is 11.6. The van der Waals surface area contributed by atoms with Crippen molar-refractivity contribution in [1.82, 2.24) is 0 Å². The lowest BCUT2D eigenvalue weighted by atomic mass is 10.1. The minimum atomic E-state index is -0.577. The lowest BCUT2D eigenvalue weighted by Crippen LogP contribution is -3.00. The molecular weight excluding hydrogens is 314 g/mol. The second-order valence-electron chi connectivity index (χ2n) is 7.39. The highest BCUT2D eigenvalue weighted by molar-refractivity contribution is 5.69. The van der Waals surface area contributed by atoms with Gasteiger partial charge in [-0.3, -0.25) is 4.79 Å². The van der Waals surface area contributed by atoms with Gasteiger partial charge >= 0.3 is 5.97 Å². The van der Waals surface area contributed by atoms with Gasteiger partial charge in [-0.05, 0) is 6.42 Å². The number of carbonyl (C=O) groups excluding carboxylic acids is 1. The Morgan fingerprint density at radius 1 is 0.957 bits per heavy atom. The fourth-order valence-corrected chi connectivity index (χ4v) is 2.53. The van der Waals surface area contributed by atoms with E-state index in [1.807, 2.05) is 21.1 Å². The van der Waals surface area contributed by atoms with E-state index in [0.717, 1.165) is 12.8 Å². The third kappa shape index (κ3) is 19.6. The molecule has 4 nitrogen and oxygen atoms in total. The summed E-state index contributed by atoms with van der Waals surface area (Å²) in [6, 6.07) is 0. The van der Waals surface area contributed by atoms with Gasteiger partial charge in [-0.15, -0.1) is 0 Å². The molecule has 0 aromatic heterocycles. The van der Waals surface area contributed by atoms with E-state index < -0.39 is 6.10 Å². The predicted octanol–water partition coefficient (Wildman–Crippen LogP) is 0.522. The number of aliphatic hydroxyl groups excluding tert-OH is 1. The van der Waals surface area contributed by atoms with Crippen LogP contribution in [-0.2, 0) is 9.53 Å². The van der Waals surface area contributed by atoms with Gasteiger partial charge in [0.15, 0.2) is 0 Å². The Hall–Kier alpha value is -0.320. The fraction of sp³-hybridized carbons (Fsp3) is 0.944. The molecule has 0 rings (SSSR count). The van der Waals surface area contributed by atoms with Crippen LogP contribution in [0.1, 0.15) is 71.1 Å². The van der Waals surface area contributed by atoms with Crippen molar-refractivity contribution in [2.75, 3.05) is 34.3 Å². The molecule has 0 amide bonds. The number of aliphatic hydroxyl groups is 1. The molecule has 140 valence electrons. The molecule has 0 aliphatic rings. The zero-order valence-corrected chi connectivity index (χ0v) is 16.4. The highest BCUT2D eigenvalue weighted by Gasteiger charge is 2.17. The summed E-state index contributed by atoms with van der Waals surface area (Å²) < 4.78 is 5.79. The second kappa shape index (κ2) is 15.2. The first-order valence-corrected chi connectivity index (χ1v) is 8.99. The SMILES string of the molecule is CCCCCCCCCCCC(=O)OCC(O)C[N+](C)(C)C.[Cl-]. The topological polar surface area (TPSA) is 46.5 Å². The van der Waals surface area contributed by atoms with Crippen molar-refractivity contribution >= 4 is 5.97 Å². The Morgan fingerprint density at radius 3 is 1.91 bits per heavy atom. The summed E-state index contributed by atoms with van der Waals surface area (Å²) in [6.45, 7) is 2.94. The minimum Gasteiger partial charge on any atom is -1.00 e. The van der Waals surface area contributed by atoms with Crippen LogP contribution in [0.15, 0.2) is 0 Å². The van der Waals surface area contributed by atoms with Gasteiger partial charge in [0.2, 0.25) is 0 Å². The standard InChI is InChI=1S/C18H38NO3.ClH/c1-5-6-7-8-9-10-11-12-13-14-18(21)22-16-17(20)15-19(2,3)4;/h17,20H,5-16H2,1-4H3;1H/q+1;/p-1. The summed E-state index contributed by atoms with van der Waals surface area (Å²) in [5, 5.41) is 9.77. The summed E-state index contributed by atoms with van der Waals surface area (Å²) in [4.78, 5) is 11.6. The summed E-state index contributed by atoms with van der Waals surface area (Å²) in [5.74, 6) is -0.177. The Kier molecular flexibility index (Phi) is 16.5. The number of likely N-dealkylation sites (N-methyl/N-ethyl adjacent to an activating group) is 1. The molecular formula is C18H38ClNO3. The van der Waals surface area contributed by atoms with Crippen molar-refractivity contribution in [3.63, 3.8) is 0 Å². The molecule has 1 unspecified atom stereocenters. The van der Waals surface area contributed by atoms with Crippen LogP contribution in [0.2, 0.25) is 0 Å². The highest BCUT2D eigenvalue weighted by atomic mass is 35.5. The average molecular weight is 352 g/mol. The van der Waals surface area contributed by atoms with Crippen LogP contribution in [0, 0.1) is 0 Å². The van der Waals surface area contributed by atoms with Crippen LogP contribution in [0.5, 0.6) is 0 Å². The summed E-state index contributed by atoms with van der Waals surface area (Å²) >= 11 is 0. The van der Waals surface area contributed by atoms with Crippen molar-refractivity contribution in [2.24, 2.45) is 0 Å². The quantitative estimate of drug-likeness (QED) is 0.282. The molecule has 23 heavy (non-hydrogen) atoms. The van der Waals surface area contributed by atoms with Gasteiger partial charge in [0.25, 0.3) is 0 Å². The predicted molar refractivity (Wildman–Crippen MR) is 91.7 cm³/mol. The number of carbonyl (C=O) groups is 1. The molecule has 0 saturated carbocycles. The van der Waals surface area contributed by atoms with Gasteiger partial charge in [-0.1, -0.05) is 58.3 Å². The van der Waals surface area contributed by atoms with Gasteiger partial charge in [-0.2, -0.15) is 0 Å². The van der Waals surface area contributed by atoms with Gasteiger partial charge in [-0.25, -0.2) is 0 Å². The Labute approximate surface area is 149 Å². The van der Waals surface area contributed by atoms with Crippen LogP contribution >= 0.6 is 0 Å². The first-order valence-electron chi connectivity index (χ1n) is 8.99. The van der Waals surface area contributed by atoms with Crippen LogP contribution in [0.4, 0.5) is 0 Å². The number of hydrogen-bond acceptors (Lipinski definition) is 3. The third-order valence-electron chi connectivity index (χ3n) is 3.68. The van der Waals surface area contributed by atoms with Crippen molar-refractivity contribution < 1.29 is 31.5 Å². The summed E-state index contributed by atoms with van der Waals surface area (Å²) in [6.07, 6.45) is 11.1. The third-order valence-corrected chi connectivity index (χ3v) is 3.68. The van der Waals surface area contributed by atoms with E-state index in [-0.39, 0.29) is 25.0 Å². The molecule has 0 aliphatic heterocycles. The van der Waals surface area contributed by atoms with E-state index in [0.29, 0.717) is 17.4 Å². The maximum Gasteiger partial charge on any atom is 0.305 e. The molecule has 0 aliphatic carbocycles. The van der Waals surface area contributed by atoms with Crippen LogP contribution in [-0.4, -0.2) is 56.0 Å². The first kappa shape index (κ1) is 24.9. The molecule has 0 radical (unpaired) electrons. The normalized spacial score (nSPS) is 12.6. The molecule has 0 aromatic rings. The molecule has 0 fully saturated rings. The maximum atomic E-state index is 11.6. The van der Waals surface area contributed by atoms with E-state index in [2.05, 4.69) is 6.92 Å². The van der Waals surface area contributed by atoms with Crippen LogP contribution in [0.25, 0.3) is 0 Å². The zero-order chi connectivity index (χ0) is 16.8. The fourth-order valence-electron chi connectivity index (χ4n) is 2.53. The molecule has 1 atom stereocenters. The molecule has 0 heterocycles. The number of esters is 1. The lowest BCUT2D eigenvalue weighted by molar-refractivity contribution is -0.873. The van der Waals surface area contributed by atoms with E-state index in [1.54, 1.807) is 0 Å². The first-order chi connectivity index (χ1) is 10.3. The monoisotopic (exact) mass is 351 g/mol. The largest absolute Gasteiger partial charge is 1.00 e. The smallest absolute Gasteiger partial charge is 0.305 e. The molecule has 0 aromatic carbocycles. The summed E-state index contributed by atoms with van der Waals surface area (Å²) in [5.41, 5.74) is 0. The van der Waals surface area contributed by atoms with Crippen molar-refractivity contribution in [3.8, 4) is 0 Å².